The van der Waals surface area contributed by atoms with Crippen LogP contribution < -0.4 is 19.7 Å². The number of nitrogens with zero attached hydrogens (tertiary/aromatic N) is 3. The number of aromatic nitrogens is 1. The number of benzene rings is 2. The molecular weight excluding hydrogens is 539 g/mol. The van der Waals surface area contributed by atoms with Crippen molar-refractivity contribution in [2.24, 2.45) is 11.8 Å². The highest BCUT2D eigenvalue weighted by atomic mass is 19.1. The second-order valence-electron chi connectivity index (χ2n) is 12.4. The van der Waals surface area contributed by atoms with Gasteiger partial charge in [-0.3, -0.25) is 4.79 Å². The number of piperidine rings is 1. The lowest BCUT2D eigenvalue weighted by Gasteiger charge is -2.24. The Morgan fingerprint density at radius 3 is 2.57 bits per heavy atom. The lowest BCUT2D eigenvalue weighted by atomic mass is 9.89. The van der Waals surface area contributed by atoms with E-state index in [4.69, 9.17) is 19.2 Å². The molecule has 3 aromatic rings. The quantitative estimate of drug-likeness (QED) is 0.457. The Kier molecular flexibility index (Phi) is 7.32. The summed E-state index contributed by atoms with van der Waals surface area (Å²) in [6.45, 7) is 8.63. The van der Waals surface area contributed by atoms with Crippen LogP contribution in [0.15, 0.2) is 42.5 Å². The number of hydrogen-bond donors (Lipinski definition) is 1. The Labute approximate surface area is 244 Å². The number of pyridine rings is 1. The summed E-state index contributed by atoms with van der Waals surface area (Å²) in [4.78, 5) is 33.7. The molecule has 1 unspecified atom stereocenters. The van der Waals surface area contributed by atoms with Gasteiger partial charge in [0.2, 0.25) is 5.91 Å². The summed E-state index contributed by atoms with van der Waals surface area (Å²) in [5.41, 5.74) is 2.54. The highest BCUT2D eigenvalue weighted by Gasteiger charge is 2.40. The summed E-state index contributed by atoms with van der Waals surface area (Å²) in [6.07, 6.45) is 1.22. The second-order valence-corrected chi connectivity index (χ2v) is 12.4. The van der Waals surface area contributed by atoms with Gasteiger partial charge in [0.1, 0.15) is 17.5 Å². The minimum absolute atomic E-state index is 0.0771. The third-order valence-corrected chi connectivity index (χ3v) is 8.24. The molecule has 3 aliphatic heterocycles. The van der Waals surface area contributed by atoms with Crippen LogP contribution in [0, 0.1) is 17.7 Å². The van der Waals surface area contributed by atoms with Crippen LogP contribution in [0.5, 0.6) is 11.5 Å². The predicted molar refractivity (Wildman–Crippen MR) is 157 cm³/mol. The highest BCUT2D eigenvalue weighted by Crippen LogP contribution is 2.39. The van der Waals surface area contributed by atoms with E-state index in [1.165, 1.54) is 13.2 Å². The van der Waals surface area contributed by atoms with Gasteiger partial charge in [0.05, 0.1) is 30.8 Å². The number of likely N-dealkylation sites (tertiary alicyclic amines) is 1. The van der Waals surface area contributed by atoms with E-state index >= 15 is 0 Å². The SMILES string of the molecule is COc1cc2nc(-c3ccc(OC4CCN(C(=O)OC(C)(C)C)C4)cc3)cc(N3C[C@@H]4CCNC(=O)[C@@H]4C3)c2cc1F. The molecule has 42 heavy (non-hydrogen) atoms. The van der Waals surface area contributed by atoms with Crippen molar-refractivity contribution in [3.05, 3.63) is 48.3 Å². The molecule has 3 aliphatic rings. The number of methoxy groups -OCH3 is 1. The summed E-state index contributed by atoms with van der Waals surface area (Å²) in [6, 6.07) is 12.8. The Morgan fingerprint density at radius 1 is 1.07 bits per heavy atom. The zero-order valence-corrected chi connectivity index (χ0v) is 24.5. The number of anilines is 1. The summed E-state index contributed by atoms with van der Waals surface area (Å²) >= 11 is 0. The van der Waals surface area contributed by atoms with Crippen LogP contribution >= 0.6 is 0 Å². The van der Waals surface area contributed by atoms with Crippen molar-refractivity contribution in [3.8, 4) is 22.8 Å². The van der Waals surface area contributed by atoms with Gasteiger partial charge < -0.3 is 29.3 Å². The minimum Gasteiger partial charge on any atom is -0.494 e. The molecule has 2 aromatic carbocycles. The van der Waals surface area contributed by atoms with Gasteiger partial charge in [-0.1, -0.05) is 0 Å². The van der Waals surface area contributed by atoms with Crippen LogP contribution in [0.1, 0.15) is 33.6 Å². The summed E-state index contributed by atoms with van der Waals surface area (Å²) in [5, 5.41) is 3.67. The van der Waals surface area contributed by atoms with Crippen LogP contribution in [0.25, 0.3) is 22.2 Å². The number of amides is 2. The van der Waals surface area contributed by atoms with Gasteiger partial charge >= 0.3 is 6.09 Å². The Morgan fingerprint density at radius 2 is 1.86 bits per heavy atom. The van der Waals surface area contributed by atoms with Crippen molar-refractivity contribution in [1.29, 1.82) is 0 Å². The molecule has 222 valence electrons. The summed E-state index contributed by atoms with van der Waals surface area (Å²) in [5.74, 6) is 0.669. The van der Waals surface area contributed by atoms with Crippen molar-refractivity contribution >= 4 is 28.6 Å². The van der Waals surface area contributed by atoms with E-state index in [1.807, 2.05) is 51.1 Å². The normalized spacial score (nSPS) is 22.2. The second kappa shape index (κ2) is 11.0. The Hall–Kier alpha value is -4.08. The topological polar surface area (TPSA) is 93.2 Å². The van der Waals surface area contributed by atoms with E-state index < -0.39 is 11.4 Å². The maximum atomic E-state index is 14.8. The van der Waals surface area contributed by atoms with Crippen LogP contribution in [0.4, 0.5) is 14.9 Å². The van der Waals surface area contributed by atoms with Gasteiger partial charge in [0.25, 0.3) is 0 Å². The van der Waals surface area contributed by atoms with Crippen LogP contribution in [-0.2, 0) is 9.53 Å². The first-order chi connectivity index (χ1) is 20.1. The smallest absolute Gasteiger partial charge is 0.410 e. The Bertz CT molecular complexity index is 1510. The number of halogens is 1. The van der Waals surface area contributed by atoms with Crippen molar-refractivity contribution < 1.29 is 28.2 Å². The molecule has 4 heterocycles. The number of ether oxygens (including phenoxy) is 3. The third kappa shape index (κ3) is 5.67. The lowest BCUT2D eigenvalue weighted by molar-refractivity contribution is -0.127. The molecule has 3 atom stereocenters. The van der Waals surface area contributed by atoms with Gasteiger partial charge in [-0.25, -0.2) is 14.2 Å². The zero-order valence-electron chi connectivity index (χ0n) is 24.5. The van der Waals surface area contributed by atoms with Crippen LogP contribution in [0.2, 0.25) is 0 Å². The number of carbonyl (C=O) groups is 2. The third-order valence-electron chi connectivity index (χ3n) is 8.24. The van der Waals surface area contributed by atoms with E-state index in [9.17, 15) is 14.0 Å². The maximum absolute atomic E-state index is 14.8. The average Bonchev–Trinajstić information content (AvgIpc) is 3.60. The minimum atomic E-state index is -0.538. The van der Waals surface area contributed by atoms with E-state index in [0.717, 1.165) is 36.3 Å². The van der Waals surface area contributed by atoms with Crippen molar-refractivity contribution in [3.63, 3.8) is 0 Å². The van der Waals surface area contributed by atoms with E-state index in [1.54, 1.807) is 11.0 Å². The van der Waals surface area contributed by atoms with Gasteiger partial charge in [-0.2, -0.15) is 0 Å². The molecular formula is C32H37FN4O5. The number of nitrogens with one attached hydrogen (secondary N) is 1. The molecule has 9 nitrogen and oxygen atoms in total. The van der Waals surface area contributed by atoms with Gasteiger partial charge in [-0.15, -0.1) is 0 Å². The van der Waals surface area contributed by atoms with Crippen molar-refractivity contribution in [1.82, 2.24) is 15.2 Å². The first kappa shape index (κ1) is 28.1. The fourth-order valence-corrected chi connectivity index (χ4v) is 6.16. The first-order valence-electron chi connectivity index (χ1n) is 14.5. The van der Waals surface area contributed by atoms with E-state index in [-0.39, 0.29) is 35.7 Å². The van der Waals surface area contributed by atoms with E-state index in [0.29, 0.717) is 42.8 Å². The molecule has 3 fully saturated rings. The van der Waals surface area contributed by atoms with Gasteiger partial charge in [0, 0.05) is 55.3 Å². The molecule has 0 aliphatic carbocycles. The fraction of sp³-hybridized carbons (Fsp3) is 0.469. The van der Waals surface area contributed by atoms with Crippen molar-refractivity contribution in [2.75, 3.05) is 44.7 Å². The summed E-state index contributed by atoms with van der Waals surface area (Å²) < 4.78 is 31.8. The maximum Gasteiger partial charge on any atom is 0.410 e. The van der Waals surface area contributed by atoms with Crippen molar-refractivity contribution in [2.45, 2.75) is 45.3 Å². The average molecular weight is 577 g/mol. The molecule has 10 heteroatoms. The first-order valence-corrected chi connectivity index (χ1v) is 14.5. The number of carbonyl (C=O) groups excluding carboxylic acids is 2. The monoisotopic (exact) mass is 576 g/mol. The zero-order chi connectivity index (χ0) is 29.6. The molecule has 0 bridgehead atoms. The number of rotatable bonds is 5. The predicted octanol–water partition coefficient (Wildman–Crippen LogP) is 5.01. The lowest BCUT2D eigenvalue weighted by Crippen LogP contribution is -2.41. The van der Waals surface area contributed by atoms with Gasteiger partial charge in [0.15, 0.2) is 11.6 Å². The van der Waals surface area contributed by atoms with Crippen LogP contribution in [0.3, 0.4) is 0 Å². The van der Waals surface area contributed by atoms with E-state index in [2.05, 4.69) is 10.2 Å². The molecule has 3 saturated heterocycles. The number of fused-ring (bicyclic) bond motifs is 2. The molecule has 1 aromatic heterocycles. The molecule has 2 amide bonds. The highest BCUT2D eigenvalue weighted by molar-refractivity contribution is 5.96. The standard InChI is InChI=1S/C32H37FN4O5/c1-32(2,3)42-31(39)36-12-10-22(17-36)41-21-7-5-19(6-8-21)26-14-28(23-13-25(33)29(40-4)15-27(23)35-26)37-16-20-9-11-34-30(38)24(20)18-37/h5-8,13-15,20,22,24H,9-12,16-18H2,1-4H3,(H,34,38)/t20-,22?,24+/m0/s1. The molecule has 6 rings (SSSR count). The van der Waals surface area contributed by atoms with Gasteiger partial charge in [-0.05, 0) is 69.5 Å². The summed E-state index contributed by atoms with van der Waals surface area (Å²) in [7, 11) is 1.44. The van der Waals surface area contributed by atoms with Crippen LogP contribution in [-0.4, -0.2) is 73.4 Å². The molecule has 0 spiro atoms. The largest absolute Gasteiger partial charge is 0.494 e. The fourth-order valence-electron chi connectivity index (χ4n) is 6.16. The molecule has 0 radical (unpaired) electrons. The number of hydrogen-bond acceptors (Lipinski definition) is 7. The molecule has 0 saturated carbocycles. The Balaban J connectivity index is 1.24. The molecule has 1 N–H and O–H groups in total.